The number of H-pyrrole nitrogens is 1. The highest BCUT2D eigenvalue weighted by Gasteiger charge is 2.42. The Kier molecular flexibility index (Phi) is 37.9. The number of carbonyl (C=O) groups is 16. The van der Waals surface area contributed by atoms with Crippen molar-refractivity contribution < 1.29 is 97.1 Å². The van der Waals surface area contributed by atoms with Crippen molar-refractivity contribution in [1.82, 2.24) is 72.4 Å². The van der Waals surface area contributed by atoms with Gasteiger partial charge in [0.1, 0.15) is 71.6 Å². The number of phenols is 3. The molecule has 0 unspecified atom stereocenters. The maximum atomic E-state index is 15.5. The number of Topliss-reactive ketones (excluding diaryl/α,β-unsaturated/α-hetero) is 1. The number of nitrogens with one attached hydrogen (secondary N) is 10. The van der Waals surface area contributed by atoms with Crippen molar-refractivity contribution in [2.24, 2.45) is 17.6 Å². The number of phenolic OH excluding ortho intramolecular Hbond substituents is 3. The molecule has 8 aromatic rings. The van der Waals surface area contributed by atoms with Crippen molar-refractivity contribution in [3.05, 3.63) is 233 Å². The molecule has 0 aliphatic carbocycles. The summed E-state index contributed by atoms with van der Waals surface area (Å²) in [6, 6.07) is 33.8. The van der Waals surface area contributed by atoms with Crippen LogP contribution in [-0.4, -0.2) is 259 Å². The van der Waals surface area contributed by atoms with Crippen LogP contribution in [0.25, 0.3) is 10.9 Å². The number of benzene rings is 7. The van der Waals surface area contributed by atoms with E-state index in [9.17, 15) is 54.0 Å². The number of nitrogens with zero attached hydrogens (tertiary/aromatic N) is 4. The van der Waals surface area contributed by atoms with E-state index in [2.05, 4.69) is 52.8 Å². The maximum absolute atomic E-state index is 15.5. The predicted molar refractivity (Wildman–Crippen MR) is 491 cm³/mol. The summed E-state index contributed by atoms with van der Waals surface area (Å²) in [5.41, 5.74) is 9.41. The SMILES string of the molecule is CCCC[C@H]1C(=O)N(C)CC(=O)N[C@@H](CC(=O)O)C(=O)N[C@@H](C(C)C)C(=O)C[C@@H](Cc2ccccc2)C(=O)N[C@@H](Cc2ccc(O)cc2)C(=O)N(C)CC(=O)N[C@@H](Cc2c[nH]c3ccccc23)C(=O)N[C@@H](Cc2ccc(O)cc2)C(=O)N[C@@H](Cc2ccc(O)cc2)C(=O)N[C@H](C(=O)NCC(N)=O)CSCC(=O)N[C@@H](Cc2ccccc2)C(=O)N(C)[C@@H](Cc2ccccc2)C(=O)N1C. The highest BCUT2D eigenvalue weighted by Crippen LogP contribution is 2.26. The number of aromatic hydroxyl groups is 3. The fourth-order valence-corrected chi connectivity index (χ4v) is 16.2. The van der Waals surface area contributed by atoms with Crippen LogP contribution in [0.15, 0.2) is 194 Å². The second-order valence-corrected chi connectivity index (χ2v) is 34.2. The fourth-order valence-electron chi connectivity index (χ4n) is 15.4. The Balaban J connectivity index is 1.12. The van der Waals surface area contributed by atoms with Crippen molar-refractivity contribution in [2.75, 3.05) is 59.3 Å². The van der Waals surface area contributed by atoms with Crippen LogP contribution in [0.2, 0.25) is 0 Å². The number of aliphatic carboxylic acids is 1. The molecule has 9 rings (SSSR count). The van der Waals surface area contributed by atoms with Gasteiger partial charge in [-0.15, -0.1) is 11.8 Å². The van der Waals surface area contributed by atoms with Crippen LogP contribution < -0.4 is 53.6 Å². The molecular formula is C96H115N15O20S. The Bertz CT molecular complexity index is 5360. The predicted octanol–water partition coefficient (Wildman–Crippen LogP) is 2.98. The molecule has 7 aromatic carbocycles. The van der Waals surface area contributed by atoms with E-state index >= 15 is 43.2 Å². The van der Waals surface area contributed by atoms with Gasteiger partial charge in [-0.1, -0.05) is 179 Å². The first-order valence-electron chi connectivity index (χ1n) is 43.3. The van der Waals surface area contributed by atoms with Gasteiger partial charge in [0.2, 0.25) is 82.7 Å². The number of aromatic amines is 1. The van der Waals surface area contributed by atoms with E-state index in [1.54, 1.807) is 135 Å². The van der Waals surface area contributed by atoms with E-state index < -0.39 is 211 Å². The van der Waals surface area contributed by atoms with Crippen molar-refractivity contribution in [3.63, 3.8) is 0 Å². The number of hydrogen-bond acceptors (Lipinski definition) is 20. The molecule has 0 saturated carbocycles. The van der Waals surface area contributed by atoms with Crippen LogP contribution >= 0.6 is 11.8 Å². The fraction of sp³-hybridized carbons (Fsp3) is 0.375. The molecule has 1 fully saturated rings. The highest BCUT2D eigenvalue weighted by molar-refractivity contribution is 8.00. The summed E-state index contributed by atoms with van der Waals surface area (Å²) in [6.45, 7) is 2.65. The Morgan fingerprint density at radius 2 is 0.879 bits per heavy atom. The Hall–Kier alpha value is -14.5. The Labute approximate surface area is 768 Å². The summed E-state index contributed by atoms with van der Waals surface area (Å²) >= 11 is 0.794. The molecule has 2 heterocycles. The second-order valence-electron chi connectivity index (χ2n) is 33.2. The van der Waals surface area contributed by atoms with E-state index in [0.717, 1.165) is 31.4 Å². The molecule has 1 aromatic heterocycles. The number of primary amides is 1. The van der Waals surface area contributed by atoms with Gasteiger partial charge in [0.15, 0.2) is 5.78 Å². The molecule has 11 atom stereocenters. The number of likely N-dealkylation sites (N-methyl/N-ethyl adjacent to an activating group) is 4. The van der Waals surface area contributed by atoms with Gasteiger partial charge in [0.05, 0.1) is 37.8 Å². The standard InChI is InChI=1S/C96H115N15O20S/c1-8-9-29-78-95(130)109(5)54-83(118)101-74(50-85(120)121)92(127)107-86(57(2)3)80(115)49-64(42-58-21-13-10-14-22-58)87(122)105-75(46-63-34-40-68(114)41-35-63)93(128)108(4)53-82(117)100-73(48-65-51-98-70-28-20-19-27-69(65)70)91(126)104-71(43-61-30-36-66(112)37-31-61)89(124)103-72(44-62-32-38-67(113)39-33-62)90(125)106-77(88(123)99-52-81(97)116)55-132-56-84(119)102-76(45-59-23-15-11-16-24-59)94(129)111(7)79(96(131)110(78)6)47-60-25-17-12-18-26-60/h10-28,30-41,51,57,64,71-79,86,98,112-114H,8-9,29,42-50,52-56H2,1-7H3,(H2,97,116)(H,99,123)(H,100,117)(H,101,118)(H,102,119)(H,103,124)(H,104,126)(H,105,122)(H,106,125)(H,107,127)(H,120,121)/t64-,71+,72+,73+,74+,75+,76+,77+,78+,79+,86+/m1/s1. The average Bonchev–Trinajstić information content (AvgIpc) is 1.60. The van der Waals surface area contributed by atoms with Crippen molar-refractivity contribution >= 4 is 117 Å². The first kappa shape index (κ1) is 101. The summed E-state index contributed by atoms with van der Waals surface area (Å²) in [7, 11) is 5.23. The molecule has 36 heteroatoms. The van der Waals surface area contributed by atoms with Gasteiger partial charge in [-0.25, -0.2) is 0 Å². The topological polar surface area (TPSA) is 517 Å². The van der Waals surface area contributed by atoms with Gasteiger partial charge in [0, 0.05) is 102 Å². The number of para-hydroxylation sites is 1. The van der Waals surface area contributed by atoms with E-state index in [4.69, 9.17) is 5.73 Å². The molecule has 1 aliphatic heterocycles. The quantitative estimate of drug-likeness (QED) is 0.0438. The number of unbranched alkanes of at least 4 members (excludes halogenated alkanes) is 1. The van der Waals surface area contributed by atoms with E-state index in [-0.39, 0.29) is 68.6 Å². The van der Waals surface area contributed by atoms with Crippen LogP contribution in [0.1, 0.15) is 91.8 Å². The number of amides is 14. The molecule has 14 amide bonds. The zero-order valence-corrected chi connectivity index (χ0v) is 75.3. The molecule has 16 N–H and O–H groups in total. The van der Waals surface area contributed by atoms with Gasteiger partial charge in [-0.05, 0) is 100 Å². The number of aromatic nitrogens is 1. The number of ketones is 1. The maximum Gasteiger partial charge on any atom is 0.305 e. The number of nitrogens with two attached hydrogens (primary N) is 1. The zero-order chi connectivity index (χ0) is 95.8. The van der Waals surface area contributed by atoms with Crippen LogP contribution in [0.5, 0.6) is 17.2 Å². The molecule has 1 saturated heterocycles. The van der Waals surface area contributed by atoms with E-state index in [0.29, 0.717) is 62.7 Å². The number of carbonyl (C=O) groups excluding carboxylic acids is 15. The first-order valence-corrected chi connectivity index (χ1v) is 44.5. The van der Waals surface area contributed by atoms with Gasteiger partial charge in [-0.3, -0.25) is 76.7 Å². The summed E-state index contributed by atoms with van der Waals surface area (Å²) in [5.74, 6) is -18.8. The van der Waals surface area contributed by atoms with Gasteiger partial charge in [-0.2, -0.15) is 0 Å². The molecule has 700 valence electrons. The minimum atomic E-state index is -1.89. The number of carboxylic acids is 1. The summed E-state index contributed by atoms with van der Waals surface area (Å²) < 4.78 is 0. The van der Waals surface area contributed by atoms with Crippen LogP contribution in [-0.2, 0) is 122 Å². The molecule has 132 heavy (non-hydrogen) atoms. The minimum absolute atomic E-state index is 0.0234. The summed E-state index contributed by atoms with van der Waals surface area (Å²) in [4.78, 5) is 243. The lowest BCUT2D eigenvalue weighted by Crippen LogP contribution is -2.60. The number of hydrogen-bond donors (Lipinski definition) is 15. The second kappa shape index (κ2) is 49.4. The van der Waals surface area contributed by atoms with Crippen LogP contribution in [0.3, 0.4) is 0 Å². The van der Waals surface area contributed by atoms with Gasteiger partial charge < -0.3 is 98.6 Å². The molecule has 1 aliphatic rings. The number of fused-ring (bicyclic) bond motifs is 1. The first-order chi connectivity index (χ1) is 63.0. The van der Waals surface area contributed by atoms with E-state index in [1.165, 1.54) is 101 Å². The molecule has 0 radical (unpaired) electrons. The van der Waals surface area contributed by atoms with Crippen LogP contribution in [0.4, 0.5) is 0 Å². The number of rotatable bonds is 23. The van der Waals surface area contributed by atoms with E-state index in [1.807, 2.05) is 6.92 Å². The van der Waals surface area contributed by atoms with Crippen molar-refractivity contribution in [3.8, 4) is 17.2 Å². The molecule has 35 nitrogen and oxygen atoms in total. The molecular weight excluding hydrogens is 1720 g/mol. The third-order valence-corrected chi connectivity index (χ3v) is 23.6. The smallest absolute Gasteiger partial charge is 0.305 e. The van der Waals surface area contributed by atoms with Crippen molar-refractivity contribution in [2.45, 2.75) is 158 Å². The van der Waals surface area contributed by atoms with Gasteiger partial charge in [0.25, 0.3) is 0 Å². The largest absolute Gasteiger partial charge is 0.508 e. The average molecular weight is 1830 g/mol. The molecule has 0 bridgehead atoms. The zero-order valence-electron chi connectivity index (χ0n) is 74.5. The highest BCUT2D eigenvalue weighted by atomic mass is 32.2. The lowest BCUT2D eigenvalue weighted by molar-refractivity contribution is -0.151. The molecule has 0 spiro atoms. The summed E-state index contributed by atoms with van der Waals surface area (Å²) in [6.07, 6.45) is -0.859. The van der Waals surface area contributed by atoms with Crippen LogP contribution in [0, 0.1) is 11.8 Å². The third-order valence-electron chi connectivity index (χ3n) is 22.6. The third kappa shape index (κ3) is 30.6. The Morgan fingerprint density at radius 1 is 0.455 bits per heavy atom. The normalized spacial score (nSPS) is 21.6. The lowest BCUT2D eigenvalue weighted by Gasteiger charge is -2.37. The monoisotopic (exact) mass is 1830 g/mol. The summed E-state index contributed by atoms with van der Waals surface area (Å²) in [5, 5.41) is 65.9. The Morgan fingerprint density at radius 3 is 1.39 bits per heavy atom. The number of thioether (sulfide) groups is 1. The lowest BCUT2D eigenvalue weighted by atomic mass is 9.88. The minimum Gasteiger partial charge on any atom is -0.508 e. The van der Waals surface area contributed by atoms with Gasteiger partial charge >= 0.3 is 5.97 Å². The van der Waals surface area contributed by atoms with Crippen molar-refractivity contribution in [1.29, 1.82) is 0 Å². The number of carboxylic acid groups (broad SMARTS) is 1.